The summed E-state index contributed by atoms with van der Waals surface area (Å²) in [6.07, 6.45) is 4.64. The number of imidazole rings is 1. The number of hydrogen-bond donors (Lipinski definition) is 2. The van der Waals surface area contributed by atoms with Crippen LogP contribution in [-0.4, -0.2) is 27.6 Å². The summed E-state index contributed by atoms with van der Waals surface area (Å²) in [5.41, 5.74) is 9.26. The number of amidine groups is 1. The van der Waals surface area contributed by atoms with Crippen LogP contribution in [0.4, 0.5) is 0 Å². The van der Waals surface area contributed by atoms with Crippen LogP contribution in [0.5, 0.6) is 0 Å². The normalized spacial score (nSPS) is 15.6. The number of nitrogens with one attached hydrogen (secondary N) is 1. The lowest BCUT2D eigenvalue weighted by Crippen LogP contribution is -2.16. The van der Waals surface area contributed by atoms with E-state index in [2.05, 4.69) is 15.0 Å². The molecule has 1 aliphatic carbocycles. The van der Waals surface area contributed by atoms with Crippen molar-refractivity contribution in [3.63, 3.8) is 0 Å². The maximum absolute atomic E-state index is 12.8. The number of hydrogen-bond acceptors (Lipinski definition) is 4. The third-order valence-corrected chi connectivity index (χ3v) is 5.29. The summed E-state index contributed by atoms with van der Waals surface area (Å²) >= 11 is 0. The molecule has 0 aliphatic heterocycles. The molecule has 1 fully saturated rings. The topological polar surface area (TPSA) is 97.3 Å². The highest BCUT2D eigenvalue weighted by atomic mass is 16.3. The second-order valence-electron chi connectivity index (χ2n) is 7.25. The Morgan fingerprint density at radius 3 is 2.79 bits per heavy atom. The van der Waals surface area contributed by atoms with E-state index in [1.54, 1.807) is 6.07 Å². The Morgan fingerprint density at radius 1 is 1.14 bits per heavy atom. The number of nitrogens with zero attached hydrogens (tertiary/aromatic N) is 2. The Morgan fingerprint density at radius 2 is 1.96 bits per heavy atom. The van der Waals surface area contributed by atoms with E-state index in [9.17, 15) is 4.79 Å². The van der Waals surface area contributed by atoms with Crippen molar-refractivity contribution < 1.29 is 9.21 Å². The molecule has 0 saturated heterocycles. The molecule has 5 rings (SSSR count). The summed E-state index contributed by atoms with van der Waals surface area (Å²) in [4.78, 5) is 24.9. The quantitative estimate of drug-likeness (QED) is 0.319. The van der Waals surface area contributed by atoms with E-state index in [0.717, 1.165) is 34.8 Å². The Hall–Kier alpha value is -3.41. The van der Waals surface area contributed by atoms with Crippen LogP contribution in [0, 0.1) is 0 Å². The van der Waals surface area contributed by atoms with Crippen LogP contribution in [0.1, 0.15) is 47.6 Å². The fourth-order valence-electron chi connectivity index (χ4n) is 3.80. The first-order valence-corrected chi connectivity index (χ1v) is 9.54. The molecule has 28 heavy (non-hydrogen) atoms. The molecule has 0 amide bonds. The molecule has 4 aromatic rings. The maximum Gasteiger partial charge on any atom is 0.263 e. The zero-order valence-electron chi connectivity index (χ0n) is 15.3. The van der Waals surface area contributed by atoms with E-state index >= 15 is 0 Å². The number of aliphatic imine (C=N–C) groups is 1. The summed E-state index contributed by atoms with van der Waals surface area (Å²) in [7, 11) is 0. The summed E-state index contributed by atoms with van der Waals surface area (Å²) in [6, 6.07) is 15.2. The first-order chi connectivity index (χ1) is 13.7. The van der Waals surface area contributed by atoms with Gasteiger partial charge < -0.3 is 15.1 Å². The van der Waals surface area contributed by atoms with Crippen LogP contribution in [0.2, 0.25) is 0 Å². The predicted molar refractivity (Wildman–Crippen MR) is 109 cm³/mol. The second-order valence-corrected chi connectivity index (χ2v) is 7.25. The first kappa shape index (κ1) is 16.7. The maximum atomic E-state index is 12.8. The summed E-state index contributed by atoms with van der Waals surface area (Å²) < 4.78 is 5.76. The highest BCUT2D eigenvalue weighted by Crippen LogP contribution is 2.25. The second kappa shape index (κ2) is 6.64. The van der Waals surface area contributed by atoms with E-state index in [1.165, 1.54) is 12.8 Å². The largest absolute Gasteiger partial charge is 0.452 e. The lowest BCUT2D eigenvalue weighted by molar-refractivity contribution is 0.100. The molecule has 140 valence electrons. The first-order valence-electron chi connectivity index (χ1n) is 9.54. The number of rotatable bonds is 4. The van der Waals surface area contributed by atoms with Gasteiger partial charge in [-0.1, -0.05) is 25.0 Å². The molecule has 0 bridgehead atoms. The molecular formula is C22H20N4O2. The standard InChI is InChI=1S/C22H20N4O2/c23-21(24-15-5-1-2-6-15)13-9-10-18-14(11-13)12-19(28-18)20(27)22-25-16-7-3-4-8-17(16)26-22/h3-4,7-12,15H,1-2,5-6H2,(H2,23,24)(H,25,26). The van der Waals surface area contributed by atoms with Gasteiger partial charge in [-0.2, -0.15) is 0 Å². The van der Waals surface area contributed by atoms with Gasteiger partial charge in [0.15, 0.2) is 11.6 Å². The third-order valence-electron chi connectivity index (χ3n) is 5.29. The number of aromatic amines is 1. The van der Waals surface area contributed by atoms with Crippen molar-refractivity contribution in [2.24, 2.45) is 10.7 Å². The highest BCUT2D eigenvalue weighted by molar-refractivity contribution is 6.08. The van der Waals surface area contributed by atoms with Crippen molar-refractivity contribution in [1.82, 2.24) is 9.97 Å². The number of nitrogens with two attached hydrogens (primary N) is 1. The smallest absolute Gasteiger partial charge is 0.263 e. The van der Waals surface area contributed by atoms with E-state index < -0.39 is 0 Å². The summed E-state index contributed by atoms with van der Waals surface area (Å²) in [5, 5.41) is 0.821. The van der Waals surface area contributed by atoms with Gasteiger partial charge >= 0.3 is 0 Å². The van der Waals surface area contributed by atoms with Gasteiger partial charge in [0.1, 0.15) is 11.4 Å². The minimum atomic E-state index is -0.276. The highest BCUT2D eigenvalue weighted by Gasteiger charge is 2.19. The number of carbonyl (C=O) groups is 1. The van der Waals surface area contributed by atoms with Crippen LogP contribution in [0.3, 0.4) is 0 Å². The molecule has 6 heteroatoms. The molecule has 3 N–H and O–H groups in total. The number of fused-ring (bicyclic) bond motifs is 2. The van der Waals surface area contributed by atoms with Crippen molar-refractivity contribution in [2.45, 2.75) is 31.7 Å². The van der Waals surface area contributed by atoms with Gasteiger partial charge in [0, 0.05) is 10.9 Å². The molecule has 1 aliphatic rings. The molecular weight excluding hydrogens is 352 g/mol. The minimum absolute atomic E-state index is 0.248. The van der Waals surface area contributed by atoms with Gasteiger partial charge in [0.05, 0.1) is 17.1 Å². The van der Waals surface area contributed by atoms with Crippen molar-refractivity contribution in [2.75, 3.05) is 0 Å². The fraction of sp³-hybridized carbons (Fsp3) is 0.227. The Labute approximate surface area is 161 Å². The Bertz CT molecular complexity index is 1180. The van der Waals surface area contributed by atoms with Gasteiger partial charge in [0.2, 0.25) is 0 Å². The number of benzene rings is 2. The van der Waals surface area contributed by atoms with E-state index in [0.29, 0.717) is 17.5 Å². The molecule has 0 unspecified atom stereocenters. The molecule has 6 nitrogen and oxygen atoms in total. The van der Waals surface area contributed by atoms with E-state index in [1.807, 2.05) is 42.5 Å². The van der Waals surface area contributed by atoms with Crippen LogP contribution < -0.4 is 5.73 Å². The van der Waals surface area contributed by atoms with Crippen molar-refractivity contribution in [3.05, 3.63) is 65.7 Å². The van der Waals surface area contributed by atoms with Gasteiger partial charge in [-0.3, -0.25) is 9.79 Å². The Balaban J connectivity index is 1.46. The molecule has 0 spiro atoms. The number of para-hydroxylation sites is 2. The monoisotopic (exact) mass is 372 g/mol. The number of ketones is 1. The molecule has 2 aromatic heterocycles. The van der Waals surface area contributed by atoms with Crippen LogP contribution >= 0.6 is 0 Å². The Kier molecular flexibility index (Phi) is 3.97. The lowest BCUT2D eigenvalue weighted by atomic mass is 10.1. The summed E-state index contributed by atoms with van der Waals surface area (Å²) in [5.74, 6) is 0.780. The number of H-pyrrole nitrogens is 1. The number of carbonyl (C=O) groups excluding carboxylic acids is 1. The third kappa shape index (κ3) is 2.97. The van der Waals surface area contributed by atoms with Gasteiger partial charge in [0.25, 0.3) is 5.78 Å². The van der Waals surface area contributed by atoms with Crippen molar-refractivity contribution in [1.29, 1.82) is 0 Å². The molecule has 0 radical (unpaired) electrons. The van der Waals surface area contributed by atoms with Gasteiger partial charge in [-0.25, -0.2) is 4.98 Å². The van der Waals surface area contributed by atoms with Crippen LogP contribution in [0.25, 0.3) is 22.0 Å². The minimum Gasteiger partial charge on any atom is -0.452 e. The lowest BCUT2D eigenvalue weighted by Gasteiger charge is -2.05. The van der Waals surface area contributed by atoms with Crippen molar-refractivity contribution in [3.8, 4) is 0 Å². The predicted octanol–water partition coefficient (Wildman–Crippen LogP) is 4.19. The van der Waals surface area contributed by atoms with E-state index in [-0.39, 0.29) is 17.4 Å². The van der Waals surface area contributed by atoms with Gasteiger partial charge in [-0.15, -0.1) is 0 Å². The van der Waals surface area contributed by atoms with E-state index in [4.69, 9.17) is 10.2 Å². The number of aromatic nitrogens is 2. The molecule has 0 atom stereocenters. The summed E-state index contributed by atoms with van der Waals surface area (Å²) in [6.45, 7) is 0. The average Bonchev–Trinajstić information content (AvgIpc) is 3.45. The zero-order chi connectivity index (χ0) is 19.1. The SMILES string of the molecule is NC(=NC1CCCC1)c1ccc2oc(C(=O)c3nc4ccccc4[nH]3)cc2c1. The van der Waals surface area contributed by atoms with Crippen molar-refractivity contribution >= 4 is 33.6 Å². The molecule has 2 heterocycles. The van der Waals surface area contributed by atoms with Crippen LogP contribution in [0.15, 0.2) is 57.9 Å². The van der Waals surface area contributed by atoms with Crippen LogP contribution in [-0.2, 0) is 0 Å². The molecule has 1 saturated carbocycles. The fourth-order valence-corrected chi connectivity index (χ4v) is 3.80. The zero-order valence-corrected chi connectivity index (χ0v) is 15.3. The molecule has 2 aromatic carbocycles. The average molecular weight is 372 g/mol. The van der Waals surface area contributed by atoms with Gasteiger partial charge in [-0.05, 0) is 49.2 Å². The number of furan rings is 1.